The van der Waals surface area contributed by atoms with Crippen molar-refractivity contribution in [2.24, 2.45) is 0 Å². The first-order valence-corrected chi connectivity index (χ1v) is 9.00. The van der Waals surface area contributed by atoms with Gasteiger partial charge in [0.25, 0.3) is 0 Å². The summed E-state index contributed by atoms with van der Waals surface area (Å²) in [7, 11) is 0. The smallest absolute Gasteiger partial charge is 0.308 e. The lowest BCUT2D eigenvalue weighted by molar-refractivity contribution is -0.132. The van der Waals surface area contributed by atoms with Gasteiger partial charge in [0.2, 0.25) is 0 Å². The number of unbranched alkanes of at least 4 members (excludes halogenated alkanes) is 1. The van der Waals surface area contributed by atoms with Crippen LogP contribution in [-0.2, 0) is 16.0 Å². The average molecular weight is 350 g/mol. The van der Waals surface area contributed by atoms with Gasteiger partial charge in [-0.2, -0.15) is 0 Å². The molecule has 0 aromatic heterocycles. The number of ether oxygens (including phenoxy) is 1. The molecular weight excluding hydrogens is 324 g/mol. The maximum atomic E-state index is 12.1. The molecule has 0 aliphatic heterocycles. The maximum Gasteiger partial charge on any atom is 0.308 e. The van der Waals surface area contributed by atoms with E-state index in [4.69, 9.17) is 4.74 Å². The van der Waals surface area contributed by atoms with E-state index >= 15 is 0 Å². The highest BCUT2D eigenvalue weighted by atomic mass is 16.5. The normalized spacial score (nSPS) is 10.9. The van der Waals surface area contributed by atoms with Gasteiger partial charge in [-0.15, -0.1) is 0 Å². The van der Waals surface area contributed by atoms with Crippen molar-refractivity contribution < 1.29 is 14.3 Å². The summed E-state index contributed by atoms with van der Waals surface area (Å²) in [4.78, 5) is 23.2. The zero-order chi connectivity index (χ0) is 18.9. The molecule has 0 aliphatic carbocycles. The third-order valence-corrected chi connectivity index (χ3v) is 4.17. The summed E-state index contributed by atoms with van der Waals surface area (Å²) >= 11 is 0. The summed E-state index contributed by atoms with van der Waals surface area (Å²) in [5.74, 6) is 0.407. The number of hydrogen-bond donors (Lipinski definition) is 0. The second-order valence-corrected chi connectivity index (χ2v) is 6.57. The van der Waals surface area contributed by atoms with E-state index in [0.29, 0.717) is 12.2 Å². The van der Waals surface area contributed by atoms with Crippen LogP contribution >= 0.6 is 0 Å². The van der Waals surface area contributed by atoms with E-state index in [0.717, 1.165) is 36.0 Å². The number of carbonyl (C=O) groups is 2. The van der Waals surface area contributed by atoms with Crippen molar-refractivity contribution in [3.05, 3.63) is 70.8 Å². The second kappa shape index (κ2) is 9.71. The molecule has 0 amide bonds. The van der Waals surface area contributed by atoms with Crippen molar-refractivity contribution in [1.82, 2.24) is 0 Å². The van der Waals surface area contributed by atoms with Crippen molar-refractivity contribution in [1.29, 1.82) is 0 Å². The minimum atomic E-state index is -0.329. The molecule has 0 radical (unpaired) electrons. The number of esters is 1. The zero-order valence-corrected chi connectivity index (χ0v) is 15.7. The molecule has 3 heteroatoms. The van der Waals surface area contributed by atoms with Crippen LogP contribution in [0.15, 0.2) is 48.5 Å². The highest BCUT2D eigenvalue weighted by molar-refractivity contribution is 5.93. The average Bonchev–Trinajstić information content (AvgIpc) is 2.61. The topological polar surface area (TPSA) is 43.4 Å². The number of allylic oxidation sites excluding steroid dienone is 1. The number of rotatable bonds is 8. The van der Waals surface area contributed by atoms with E-state index in [9.17, 15) is 9.59 Å². The van der Waals surface area contributed by atoms with Gasteiger partial charge in [-0.25, -0.2) is 0 Å². The van der Waals surface area contributed by atoms with Crippen LogP contribution in [-0.4, -0.2) is 11.8 Å². The molecule has 0 unspecified atom stereocenters. The Morgan fingerprint density at radius 1 is 1.00 bits per heavy atom. The Bertz CT molecular complexity index is 765. The number of ketones is 1. The quantitative estimate of drug-likeness (QED) is 0.284. The molecule has 0 saturated heterocycles. The van der Waals surface area contributed by atoms with Gasteiger partial charge in [0.1, 0.15) is 5.75 Å². The Morgan fingerprint density at radius 3 is 2.27 bits per heavy atom. The molecule has 2 rings (SSSR count). The summed E-state index contributed by atoms with van der Waals surface area (Å²) in [6.45, 7) is 5.19. The van der Waals surface area contributed by atoms with Gasteiger partial charge in [0, 0.05) is 13.3 Å². The molecule has 0 bridgehead atoms. The molecule has 2 aromatic rings. The Kier molecular flexibility index (Phi) is 7.34. The summed E-state index contributed by atoms with van der Waals surface area (Å²) < 4.78 is 5.23. The molecule has 0 atom stereocenters. The van der Waals surface area contributed by atoms with Gasteiger partial charge < -0.3 is 4.74 Å². The molecule has 3 nitrogen and oxygen atoms in total. The van der Waals surface area contributed by atoms with Crippen LogP contribution in [0.5, 0.6) is 5.75 Å². The van der Waals surface area contributed by atoms with E-state index in [1.165, 1.54) is 12.5 Å². The molecule has 0 saturated carbocycles. The summed E-state index contributed by atoms with van der Waals surface area (Å²) in [6.07, 6.45) is 6.94. The highest BCUT2D eigenvalue weighted by Crippen LogP contribution is 2.25. The molecule has 0 spiro atoms. The van der Waals surface area contributed by atoms with Crippen LogP contribution in [0.4, 0.5) is 0 Å². The van der Waals surface area contributed by atoms with Gasteiger partial charge in [0.05, 0.1) is 0 Å². The van der Waals surface area contributed by atoms with Crippen LogP contribution < -0.4 is 4.74 Å². The number of benzene rings is 2. The fourth-order valence-corrected chi connectivity index (χ4v) is 2.93. The Labute approximate surface area is 155 Å². The lowest BCUT2D eigenvalue weighted by Gasteiger charge is -2.10. The number of aryl methyl sites for hydroxylation is 3. The number of carbonyl (C=O) groups excluding carboxylic acids is 2. The van der Waals surface area contributed by atoms with Crippen LogP contribution in [0.2, 0.25) is 0 Å². The van der Waals surface area contributed by atoms with Crippen molar-refractivity contribution in [2.75, 3.05) is 0 Å². The lowest BCUT2D eigenvalue weighted by atomic mass is 10.0. The molecule has 26 heavy (non-hydrogen) atoms. The highest BCUT2D eigenvalue weighted by Gasteiger charge is 2.08. The van der Waals surface area contributed by atoms with Crippen LogP contribution in [0.3, 0.4) is 0 Å². The predicted octanol–water partition coefficient (Wildman–Crippen LogP) is 5.22. The lowest BCUT2D eigenvalue weighted by Crippen LogP contribution is -2.04. The van der Waals surface area contributed by atoms with Gasteiger partial charge in [0.15, 0.2) is 5.78 Å². The molecule has 0 aliphatic rings. The van der Waals surface area contributed by atoms with Crippen molar-refractivity contribution in [3.8, 4) is 5.75 Å². The van der Waals surface area contributed by atoms with Crippen molar-refractivity contribution >= 4 is 17.8 Å². The Balaban J connectivity index is 1.84. The standard InChI is InChI=1S/C23H26O3/c1-17-15-21(16-18(2)23(17)26-19(3)24)13-14-22(25)12-8-7-11-20-9-5-4-6-10-20/h4-6,9-10,13-16H,7-8,11-12H2,1-3H3/b14-13+. The van der Waals surface area contributed by atoms with Crippen molar-refractivity contribution in [2.45, 2.75) is 46.5 Å². The van der Waals surface area contributed by atoms with Gasteiger partial charge in [-0.05, 0) is 73.6 Å². The van der Waals surface area contributed by atoms with E-state index in [2.05, 4.69) is 12.1 Å². The number of hydrogen-bond acceptors (Lipinski definition) is 3. The Hall–Kier alpha value is -2.68. The molecule has 0 N–H and O–H groups in total. The fourth-order valence-electron chi connectivity index (χ4n) is 2.93. The molecule has 0 fully saturated rings. The molecule has 136 valence electrons. The minimum Gasteiger partial charge on any atom is -0.426 e. The summed E-state index contributed by atoms with van der Waals surface area (Å²) in [6, 6.07) is 14.2. The second-order valence-electron chi connectivity index (χ2n) is 6.57. The largest absolute Gasteiger partial charge is 0.426 e. The SMILES string of the molecule is CC(=O)Oc1c(C)cc(/C=C/C(=O)CCCCc2ccccc2)cc1C. The van der Waals surface area contributed by atoms with E-state index in [-0.39, 0.29) is 11.8 Å². The monoisotopic (exact) mass is 350 g/mol. The van der Waals surface area contributed by atoms with Crippen LogP contribution in [0, 0.1) is 13.8 Å². The first-order valence-electron chi connectivity index (χ1n) is 9.00. The first-order chi connectivity index (χ1) is 12.5. The van der Waals surface area contributed by atoms with Crippen LogP contribution in [0.25, 0.3) is 6.08 Å². The van der Waals surface area contributed by atoms with Crippen LogP contribution in [0.1, 0.15) is 48.4 Å². The first kappa shape index (κ1) is 19.6. The van der Waals surface area contributed by atoms with Gasteiger partial charge in [-0.3, -0.25) is 9.59 Å². The van der Waals surface area contributed by atoms with E-state index in [1.807, 2.05) is 50.3 Å². The molecular formula is C23H26O3. The Morgan fingerprint density at radius 2 is 1.65 bits per heavy atom. The molecule has 0 heterocycles. The predicted molar refractivity (Wildman–Crippen MR) is 105 cm³/mol. The van der Waals surface area contributed by atoms with E-state index < -0.39 is 0 Å². The summed E-state index contributed by atoms with van der Waals surface area (Å²) in [5, 5.41) is 0. The van der Waals surface area contributed by atoms with Gasteiger partial charge >= 0.3 is 5.97 Å². The maximum absolute atomic E-state index is 12.1. The third kappa shape index (κ3) is 6.32. The third-order valence-electron chi connectivity index (χ3n) is 4.17. The van der Waals surface area contributed by atoms with Gasteiger partial charge in [-0.1, -0.05) is 36.4 Å². The van der Waals surface area contributed by atoms with Crippen molar-refractivity contribution in [3.63, 3.8) is 0 Å². The van der Waals surface area contributed by atoms with E-state index in [1.54, 1.807) is 6.08 Å². The summed E-state index contributed by atoms with van der Waals surface area (Å²) in [5.41, 5.74) is 4.02. The minimum absolute atomic E-state index is 0.137. The fraction of sp³-hybridized carbons (Fsp3) is 0.304. The zero-order valence-electron chi connectivity index (χ0n) is 15.7. The molecule has 2 aromatic carbocycles.